The van der Waals surface area contributed by atoms with Crippen LogP contribution in [0.2, 0.25) is 0 Å². The van der Waals surface area contributed by atoms with Gasteiger partial charge in [-0.25, -0.2) is 15.0 Å². The molecule has 5 rings (SSSR count). The topological polar surface area (TPSA) is 138 Å². The number of benzene rings is 2. The molecule has 4 N–H and O–H groups in total. The fourth-order valence-corrected chi connectivity index (χ4v) is 5.72. The third-order valence-electron chi connectivity index (χ3n) is 8.43. The molecular weight excluding hydrogens is 618 g/mol. The molecule has 0 unspecified atom stereocenters. The van der Waals surface area contributed by atoms with Crippen LogP contribution in [-0.2, 0) is 16.1 Å². The standard InChI is InChI=1S/C34H45N9O3.ClH/c1-22(35-5)18-37-30(34(2,3)4)33(45)43-14-7-8-28(43)32(44)41-27-16-25-26(17-29(27)46-6)38-20-39-31(25)40-24-11-9-23(10-12-24)19-42-15-13-36-21-42;/h9-13,15-17,20-22,28,30,35,37H,7-8,14,18-19H2,1-6H3,(H,41,44)(H,38,39,40);1H/t22-,28-,30+;/m0./s1. The summed E-state index contributed by atoms with van der Waals surface area (Å²) in [6, 6.07) is 10.9. The normalized spacial score (nSPS) is 16.0. The second-order valence-corrected chi connectivity index (χ2v) is 12.9. The Morgan fingerprint density at radius 2 is 1.89 bits per heavy atom. The predicted octanol–water partition coefficient (Wildman–Crippen LogP) is 4.59. The highest BCUT2D eigenvalue weighted by Gasteiger charge is 2.41. The Hall–Kier alpha value is -4.26. The number of imidazole rings is 1. The summed E-state index contributed by atoms with van der Waals surface area (Å²) in [4.78, 5) is 42.5. The number of rotatable bonds is 12. The molecule has 0 bridgehead atoms. The quantitative estimate of drug-likeness (QED) is 0.171. The summed E-state index contributed by atoms with van der Waals surface area (Å²) in [5, 5.41) is 13.8. The first-order valence-corrected chi connectivity index (χ1v) is 15.7. The van der Waals surface area contributed by atoms with E-state index in [1.165, 1.54) is 6.33 Å². The van der Waals surface area contributed by atoms with Gasteiger partial charge < -0.3 is 35.5 Å². The molecule has 1 aliphatic rings. The minimum atomic E-state index is -0.591. The number of ether oxygens (including phenoxy) is 1. The van der Waals surface area contributed by atoms with Gasteiger partial charge in [0.25, 0.3) is 0 Å². The Labute approximate surface area is 282 Å². The smallest absolute Gasteiger partial charge is 0.247 e. The summed E-state index contributed by atoms with van der Waals surface area (Å²) in [5.41, 5.74) is 2.82. The molecule has 1 fully saturated rings. The van der Waals surface area contributed by atoms with Crippen LogP contribution >= 0.6 is 12.4 Å². The molecule has 0 saturated carbocycles. The zero-order valence-electron chi connectivity index (χ0n) is 27.9. The van der Waals surface area contributed by atoms with Crippen molar-refractivity contribution in [3.05, 3.63) is 67.0 Å². The molecule has 3 atom stereocenters. The van der Waals surface area contributed by atoms with E-state index in [-0.39, 0.29) is 35.7 Å². The molecule has 13 heteroatoms. The molecule has 2 aromatic heterocycles. The monoisotopic (exact) mass is 663 g/mol. The number of methoxy groups -OCH3 is 1. The fraction of sp³-hybridized carbons (Fsp3) is 0.441. The lowest BCUT2D eigenvalue weighted by Crippen LogP contribution is -2.57. The van der Waals surface area contributed by atoms with E-state index in [0.29, 0.717) is 42.3 Å². The Morgan fingerprint density at radius 1 is 1.13 bits per heavy atom. The number of hydrogen-bond donors (Lipinski definition) is 4. The van der Waals surface area contributed by atoms with Crippen molar-refractivity contribution in [2.24, 2.45) is 5.41 Å². The van der Waals surface area contributed by atoms with Gasteiger partial charge in [0, 0.05) is 55.2 Å². The van der Waals surface area contributed by atoms with Crippen molar-refractivity contribution in [3.8, 4) is 5.75 Å². The molecule has 0 spiro atoms. The minimum Gasteiger partial charge on any atom is -0.494 e. The van der Waals surface area contributed by atoms with E-state index in [4.69, 9.17) is 4.74 Å². The van der Waals surface area contributed by atoms with E-state index in [1.54, 1.807) is 30.6 Å². The van der Waals surface area contributed by atoms with Crippen molar-refractivity contribution in [2.75, 3.05) is 37.9 Å². The molecule has 2 amide bonds. The van der Waals surface area contributed by atoms with Crippen LogP contribution < -0.4 is 26.0 Å². The van der Waals surface area contributed by atoms with Crippen LogP contribution in [0, 0.1) is 5.41 Å². The van der Waals surface area contributed by atoms with Crippen LogP contribution in [0.25, 0.3) is 10.9 Å². The van der Waals surface area contributed by atoms with Gasteiger partial charge in [-0.05, 0) is 56.0 Å². The SMILES string of the molecule is CN[C@@H](C)CN[C@H](C(=O)N1CCC[C@H]1C(=O)Nc1cc2c(Nc3ccc(Cn4ccnc4)cc3)ncnc2cc1OC)C(C)(C)C.Cl. The Bertz CT molecular complexity index is 1640. The maximum Gasteiger partial charge on any atom is 0.247 e. The summed E-state index contributed by atoms with van der Waals surface area (Å²) in [7, 11) is 3.45. The number of aromatic nitrogens is 4. The molecule has 1 aliphatic heterocycles. The molecule has 3 heterocycles. The maximum atomic E-state index is 13.9. The number of nitrogens with one attached hydrogen (secondary N) is 4. The lowest BCUT2D eigenvalue weighted by atomic mass is 9.85. The van der Waals surface area contributed by atoms with Crippen molar-refractivity contribution in [3.63, 3.8) is 0 Å². The van der Waals surface area contributed by atoms with Crippen LogP contribution in [0.3, 0.4) is 0 Å². The summed E-state index contributed by atoms with van der Waals surface area (Å²) in [5.74, 6) is 0.757. The van der Waals surface area contributed by atoms with E-state index in [1.807, 2.05) is 56.8 Å². The molecular formula is C34H46ClN9O3. The Balaban J connectivity index is 0.00000500. The highest BCUT2D eigenvalue weighted by molar-refractivity contribution is 6.02. The highest BCUT2D eigenvalue weighted by Crippen LogP contribution is 2.34. The van der Waals surface area contributed by atoms with Gasteiger partial charge in [-0.3, -0.25) is 9.59 Å². The first-order chi connectivity index (χ1) is 22.1. The number of anilines is 3. The zero-order valence-corrected chi connectivity index (χ0v) is 28.7. The molecule has 0 radical (unpaired) electrons. The van der Waals surface area contributed by atoms with E-state index in [2.05, 4.69) is 55.3 Å². The second kappa shape index (κ2) is 15.6. The fourth-order valence-electron chi connectivity index (χ4n) is 5.72. The van der Waals surface area contributed by atoms with Gasteiger partial charge >= 0.3 is 0 Å². The molecule has 47 heavy (non-hydrogen) atoms. The van der Waals surface area contributed by atoms with Crippen LogP contribution in [0.1, 0.15) is 46.1 Å². The Morgan fingerprint density at radius 3 is 2.55 bits per heavy atom. The van der Waals surface area contributed by atoms with E-state index >= 15 is 0 Å². The van der Waals surface area contributed by atoms with Crippen molar-refractivity contribution in [1.29, 1.82) is 0 Å². The van der Waals surface area contributed by atoms with E-state index in [9.17, 15) is 9.59 Å². The third kappa shape index (κ3) is 8.56. The third-order valence-corrected chi connectivity index (χ3v) is 8.43. The predicted molar refractivity (Wildman–Crippen MR) is 188 cm³/mol. The van der Waals surface area contributed by atoms with Crippen molar-refractivity contribution >= 4 is 52.3 Å². The summed E-state index contributed by atoms with van der Waals surface area (Å²) in [6.07, 6.45) is 8.32. The van der Waals surface area contributed by atoms with Gasteiger partial charge in [0.2, 0.25) is 11.8 Å². The second-order valence-electron chi connectivity index (χ2n) is 12.9. The zero-order chi connectivity index (χ0) is 32.8. The van der Waals surface area contributed by atoms with Crippen LogP contribution in [-0.4, -0.2) is 81.6 Å². The van der Waals surface area contributed by atoms with Gasteiger partial charge in [0.1, 0.15) is 23.9 Å². The van der Waals surface area contributed by atoms with E-state index in [0.717, 1.165) is 29.6 Å². The Kier molecular flexibility index (Phi) is 11.8. The summed E-state index contributed by atoms with van der Waals surface area (Å²) < 4.78 is 7.66. The van der Waals surface area contributed by atoms with Crippen molar-refractivity contribution in [2.45, 2.75) is 65.2 Å². The number of nitrogens with zero attached hydrogens (tertiary/aromatic N) is 5. The van der Waals surface area contributed by atoms with Crippen molar-refractivity contribution < 1.29 is 14.3 Å². The van der Waals surface area contributed by atoms with Gasteiger partial charge in [-0.15, -0.1) is 12.4 Å². The first-order valence-electron chi connectivity index (χ1n) is 15.7. The lowest BCUT2D eigenvalue weighted by Gasteiger charge is -2.36. The number of amides is 2. The van der Waals surface area contributed by atoms with Crippen molar-refractivity contribution in [1.82, 2.24) is 35.1 Å². The molecule has 2 aromatic carbocycles. The highest BCUT2D eigenvalue weighted by atomic mass is 35.5. The summed E-state index contributed by atoms with van der Waals surface area (Å²) in [6.45, 7) is 10.1. The number of halogens is 1. The summed E-state index contributed by atoms with van der Waals surface area (Å²) >= 11 is 0. The number of carbonyl (C=O) groups excluding carboxylic acids is 2. The van der Waals surface area contributed by atoms with Crippen LogP contribution in [0.15, 0.2) is 61.4 Å². The van der Waals surface area contributed by atoms with Gasteiger partial charge in [-0.1, -0.05) is 32.9 Å². The number of hydrogen-bond acceptors (Lipinski definition) is 9. The van der Waals surface area contributed by atoms with Gasteiger partial charge in [0.05, 0.1) is 30.7 Å². The molecule has 4 aromatic rings. The van der Waals surface area contributed by atoms with E-state index < -0.39 is 12.1 Å². The van der Waals surface area contributed by atoms with Gasteiger partial charge in [-0.2, -0.15) is 0 Å². The number of likely N-dealkylation sites (tertiary alicyclic amines) is 1. The van der Waals surface area contributed by atoms with Gasteiger partial charge in [0.15, 0.2) is 0 Å². The maximum absolute atomic E-state index is 13.9. The van der Waals surface area contributed by atoms with Crippen LogP contribution in [0.4, 0.5) is 17.2 Å². The largest absolute Gasteiger partial charge is 0.494 e. The first kappa shape index (κ1) is 35.6. The molecule has 12 nitrogen and oxygen atoms in total. The van der Waals surface area contributed by atoms with Crippen LogP contribution in [0.5, 0.6) is 5.75 Å². The number of likely N-dealkylation sites (N-methyl/N-ethyl adjacent to an activating group) is 1. The average molecular weight is 664 g/mol. The molecule has 0 aliphatic carbocycles. The molecule has 252 valence electrons. The molecule has 1 saturated heterocycles. The lowest BCUT2D eigenvalue weighted by molar-refractivity contribution is -0.140. The average Bonchev–Trinajstić information content (AvgIpc) is 3.74. The number of fused-ring (bicyclic) bond motifs is 1. The minimum absolute atomic E-state index is 0. The number of carbonyl (C=O) groups is 2.